The molecular weight excluding hydrogens is 321 g/mol. The van der Waals surface area contributed by atoms with Crippen LogP contribution in [-0.2, 0) is 0 Å². The van der Waals surface area contributed by atoms with Crippen LogP contribution in [0.2, 0.25) is 10.0 Å². The Kier molecular flexibility index (Phi) is 4.13. The van der Waals surface area contributed by atoms with E-state index >= 15 is 0 Å². The summed E-state index contributed by atoms with van der Waals surface area (Å²) in [4.78, 5) is 12.2. The van der Waals surface area contributed by atoms with Gasteiger partial charge in [0.1, 0.15) is 5.69 Å². The van der Waals surface area contributed by atoms with E-state index in [-0.39, 0.29) is 5.91 Å². The summed E-state index contributed by atoms with van der Waals surface area (Å²) in [5.41, 5.74) is 2.54. The summed E-state index contributed by atoms with van der Waals surface area (Å²) in [5.74, 6) is -0.282. The lowest BCUT2D eigenvalue weighted by atomic mass is 10.1. The third kappa shape index (κ3) is 3.30. The molecule has 0 atom stereocenters. The summed E-state index contributed by atoms with van der Waals surface area (Å²) in [6.07, 6.45) is 0. The molecule has 1 amide bonds. The van der Waals surface area contributed by atoms with E-state index in [1.807, 2.05) is 12.1 Å². The van der Waals surface area contributed by atoms with E-state index in [0.717, 1.165) is 5.56 Å². The zero-order valence-electron chi connectivity index (χ0n) is 11.3. The normalized spacial score (nSPS) is 10.5. The first-order valence-electron chi connectivity index (χ1n) is 6.50. The van der Waals surface area contributed by atoms with Gasteiger partial charge >= 0.3 is 0 Å². The number of anilines is 1. The van der Waals surface area contributed by atoms with E-state index in [1.54, 1.807) is 42.5 Å². The molecule has 110 valence electrons. The maximum atomic E-state index is 12.2. The smallest absolute Gasteiger partial charge is 0.273 e. The molecule has 0 radical (unpaired) electrons. The second kappa shape index (κ2) is 6.22. The highest BCUT2D eigenvalue weighted by Gasteiger charge is 2.11. The first kappa shape index (κ1) is 14.6. The molecule has 1 aromatic heterocycles. The summed E-state index contributed by atoms with van der Waals surface area (Å²) in [6, 6.07) is 15.9. The molecule has 4 nitrogen and oxygen atoms in total. The van der Waals surface area contributed by atoms with Crippen molar-refractivity contribution in [3.05, 3.63) is 70.3 Å². The van der Waals surface area contributed by atoms with Gasteiger partial charge in [-0.1, -0.05) is 41.4 Å². The highest BCUT2D eigenvalue weighted by Crippen LogP contribution is 2.21. The summed E-state index contributed by atoms with van der Waals surface area (Å²) >= 11 is 11.7. The highest BCUT2D eigenvalue weighted by atomic mass is 35.5. The molecule has 0 aliphatic heterocycles. The SMILES string of the molecule is O=C(Nc1cccc(Cl)c1)c1cc(-c2ccc(Cl)cc2)n[nH]1. The lowest BCUT2D eigenvalue weighted by molar-refractivity contribution is 0.102. The van der Waals surface area contributed by atoms with Crippen molar-refractivity contribution in [3.8, 4) is 11.3 Å². The fourth-order valence-corrected chi connectivity index (χ4v) is 2.29. The summed E-state index contributed by atoms with van der Waals surface area (Å²) < 4.78 is 0. The van der Waals surface area contributed by atoms with Gasteiger partial charge in [-0.2, -0.15) is 5.10 Å². The van der Waals surface area contributed by atoms with Crippen LogP contribution in [0.5, 0.6) is 0 Å². The molecule has 6 heteroatoms. The number of hydrogen-bond donors (Lipinski definition) is 2. The second-order valence-electron chi connectivity index (χ2n) is 4.64. The van der Waals surface area contributed by atoms with E-state index in [0.29, 0.717) is 27.1 Å². The van der Waals surface area contributed by atoms with E-state index in [1.165, 1.54) is 0 Å². The van der Waals surface area contributed by atoms with E-state index in [2.05, 4.69) is 15.5 Å². The predicted octanol–water partition coefficient (Wildman–Crippen LogP) is 4.64. The average Bonchev–Trinajstić information content (AvgIpc) is 2.98. The lowest BCUT2D eigenvalue weighted by Crippen LogP contribution is -2.12. The fourth-order valence-electron chi connectivity index (χ4n) is 1.97. The van der Waals surface area contributed by atoms with Gasteiger partial charge in [-0.3, -0.25) is 9.89 Å². The van der Waals surface area contributed by atoms with Gasteiger partial charge in [-0.05, 0) is 36.4 Å². The standard InChI is InChI=1S/C16H11Cl2N3O/c17-11-6-4-10(5-7-11)14-9-15(21-20-14)16(22)19-13-3-1-2-12(18)8-13/h1-9H,(H,19,22)(H,20,21). The van der Waals surface area contributed by atoms with Gasteiger partial charge in [0, 0.05) is 21.3 Å². The number of rotatable bonds is 3. The molecule has 0 aliphatic rings. The summed E-state index contributed by atoms with van der Waals surface area (Å²) in [7, 11) is 0. The minimum Gasteiger partial charge on any atom is -0.321 e. The van der Waals surface area contributed by atoms with Crippen LogP contribution in [0.4, 0.5) is 5.69 Å². The Hall–Kier alpha value is -2.30. The van der Waals surface area contributed by atoms with Crippen LogP contribution in [0.1, 0.15) is 10.5 Å². The minimum atomic E-state index is -0.282. The van der Waals surface area contributed by atoms with Gasteiger partial charge in [0.25, 0.3) is 5.91 Å². The van der Waals surface area contributed by atoms with Crippen molar-refractivity contribution in [3.63, 3.8) is 0 Å². The van der Waals surface area contributed by atoms with Crippen molar-refractivity contribution < 1.29 is 4.79 Å². The molecule has 0 fully saturated rings. The number of aromatic amines is 1. The number of H-pyrrole nitrogens is 1. The van der Waals surface area contributed by atoms with Crippen LogP contribution in [0.3, 0.4) is 0 Å². The van der Waals surface area contributed by atoms with Gasteiger partial charge < -0.3 is 5.32 Å². The Bertz CT molecular complexity index is 812. The molecule has 0 aliphatic carbocycles. The molecule has 0 saturated carbocycles. The number of halogens is 2. The van der Waals surface area contributed by atoms with Crippen LogP contribution >= 0.6 is 23.2 Å². The molecule has 3 rings (SSSR count). The summed E-state index contributed by atoms with van der Waals surface area (Å²) in [5, 5.41) is 10.8. The van der Waals surface area contributed by atoms with Gasteiger partial charge in [0.2, 0.25) is 0 Å². The topological polar surface area (TPSA) is 57.8 Å². The molecular formula is C16H11Cl2N3O. The number of carbonyl (C=O) groups is 1. The second-order valence-corrected chi connectivity index (χ2v) is 5.51. The number of nitrogens with one attached hydrogen (secondary N) is 2. The van der Waals surface area contributed by atoms with E-state index in [4.69, 9.17) is 23.2 Å². The number of benzene rings is 2. The Morgan fingerprint density at radius 1 is 1.00 bits per heavy atom. The van der Waals surface area contributed by atoms with Crippen molar-refractivity contribution in [2.75, 3.05) is 5.32 Å². The monoisotopic (exact) mass is 331 g/mol. The average molecular weight is 332 g/mol. The molecule has 3 aromatic rings. The molecule has 0 bridgehead atoms. The van der Waals surface area contributed by atoms with Crippen molar-refractivity contribution >= 4 is 34.8 Å². The van der Waals surface area contributed by atoms with E-state index < -0.39 is 0 Å². The molecule has 22 heavy (non-hydrogen) atoms. The third-order valence-corrected chi connectivity index (χ3v) is 3.53. The van der Waals surface area contributed by atoms with Gasteiger partial charge in [-0.15, -0.1) is 0 Å². The first-order valence-corrected chi connectivity index (χ1v) is 7.26. The van der Waals surface area contributed by atoms with Crippen LogP contribution < -0.4 is 5.32 Å². The van der Waals surface area contributed by atoms with Crippen LogP contribution in [0.25, 0.3) is 11.3 Å². The summed E-state index contributed by atoms with van der Waals surface area (Å²) in [6.45, 7) is 0. The van der Waals surface area contributed by atoms with E-state index in [9.17, 15) is 4.79 Å². The van der Waals surface area contributed by atoms with Crippen molar-refractivity contribution in [1.29, 1.82) is 0 Å². The quantitative estimate of drug-likeness (QED) is 0.734. The number of carbonyl (C=O) groups excluding carboxylic acids is 1. The number of amides is 1. The Morgan fingerprint density at radius 3 is 2.50 bits per heavy atom. The van der Waals surface area contributed by atoms with Gasteiger partial charge in [0.15, 0.2) is 0 Å². The van der Waals surface area contributed by atoms with Crippen LogP contribution in [-0.4, -0.2) is 16.1 Å². The lowest BCUT2D eigenvalue weighted by Gasteiger charge is -2.03. The largest absolute Gasteiger partial charge is 0.321 e. The Morgan fingerprint density at radius 2 is 1.77 bits per heavy atom. The maximum absolute atomic E-state index is 12.2. The molecule has 0 saturated heterocycles. The van der Waals surface area contributed by atoms with Gasteiger partial charge in [-0.25, -0.2) is 0 Å². The number of hydrogen-bond acceptors (Lipinski definition) is 2. The minimum absolute atomic E-state index is 0.282. The predicted molar refractivity (Wildman–Crippen MR) is 88.4 cm³/mol. The molecule has 2 N–H and O–H groups in total. The van der Waals surface area contributed by atoms with Crippen molar-refractivity contribution in [1.82, 2.24) is 10.2 Å². The number of nitrogens with zero attached hydrogens (tertiary/aromatic N) is 1. The van der Waals surface area contributed by atoms with Crippen molar-refractivity contribution in [2.24, 2.45) is 0 Å². The number of aromatic nitrogens is 2. The van der Waals surface area contributed by atoms with Crippen LogP contribution in [0.15, 0.2) is 54.6 Å². The Labute approximate surface area is 137 Å². The molecule has 0 unspecified atom stereocenters. The zero-order chi connectivity index (χ0) is 15.5. The fraction of sp³-hybridized carbons (Fsp3) is 0. The molecule has 1 heterocycles. The van der Waals surface area contributed by atoms with Crippen LogP contribution in [0, 0.1) is 0 Å². The first-order chi connectivity index (χ1) is 10.6. The molecule has 2 aromatic carbocycles. The highest BCUT2D eigenvalue weighted by molar-refractivity contribution is 6.31. The zero-order valence-corrected chi connectivity index (χ0v) is 12.8. The van der Waals surface area contributed by atoms with Gasteiger partial charge in [0.05, 0.1) is 5.69 Å². The third-order valence-electron chi connectivity index (χ3n) is 3.04. The molecule has 0 spiro atoms. The Balaban J connectivity index is 1.78. The maximum Gasteiger partial charge on any atom is 0.273 e. The van der Waals surface area contributed by atoms with Crippen molar-refractivity contribution in [2.45, 2.75) is 0 Å².